The monoisotopic (exact) mass is 363 g/mol. The average Bonchev–Trinajstić information content (AvgIpc) is 3.02. The first-order chi connectivity index (χ1) is 11.5. The van der Waals surface area contributed by atoms with Gasteiger partial charge in [-0.1, -0.05) is 23.4 Å². The van der Waals surface area contributed by atoms with Crippen molar-refractivity contribution in [3.63, 3.8) is 0 Å². The molecule has 8 nitrogen and oxygen atoms in total. The van der Waals surface area contributed by atoms with Gasteiger partial charge in [0.15, 0.2) is 0 Å². The van der Waals surface area contributed by atoms with E-state index >= 15 is 0 Å². The van der Waals surface area contributed by atoms with Gasteiger partial charge in [0.1, 0.15) is 5.82 Å². The molecule has 10 heteroatoms. The molecule has 3 aromatic rings. The molecule has 0 aliphatic heterocycles. The normalized spacial score (nSPS) is 10.8. The van der Waals surface area contributed by atoms with Crippen LogP contribution in [0.15, 0.2) is 33.9 Å². The van der Waals surface area contributed by atoms with Gasteiger partial charge in [0.05, 0.1) is 5.75 Å². The summed E-state index contributed by atoms with van der Waals surface area (Å²) < 4.78 is 5.62. The van der Waals surface area contributed by atoms with E-state index in [2.05, 4.69) is 25.1 Å². The molecule has 0 bridgehead atoms. The van der Waals surface area contributed by atoms with E-state index in [0.717, 1.165) is 5.56 Å². The van der Waals surface area contributed by atoms with Crippen molar-refractivity contribution in [2.75, 3.05) is 24.7 Å². The number of aromatic nitrogens is 5. The number of anilines is 2. The van der Waals surface area contributed by atoms with E-state index in [1.807, 2.05) is 26.2 Å². The Balaban J connectivity index is 1.70. The summed E-state index contributed by atoms with van der Waals surface area (Å²) in [5.41, 5.74) is 6.50. The van der Waals surface area contributed by atoms with Crippen LogP contribution in [0.2, 0.25) is 5.02 Å². The number of nitrogen functional groups attached to an aromatic ring is 1. The van der Waals surface area contributed by atoms with Gasteiger partial charge in [0, 0.05) is 24.7 Å². The Labute approximate surface area is 147 Å². The van der Waals surface area contributed by atoms with E-state index < -0.39 is 0 Å². The van der Waals surface area contributed by atoms with Gasteiger partial charge >= 0.3 is 0 Å². The molecular weight excluding hydrogens is 350 g/mol. The van der Waals surface area contributed by atoms with E-state index in [9.17, 15) is 0 Å². The maximum atomic E-state index is 5.87. The molecule has 0 amide bonds. The van der Waals surface area contributed by atoms with Gasteiger partial charge in [-0.05, 0) is 24.3 Å². The summed E-state index contributed by atoms with van der Waals surface area (Å²) in [5.74, 6) is 2.10. The van der Waals surface area contributed by atoms with Crippen LogP contribution in [0.25, 0.3) is 11.5 Å². The fourth-order valence-electron chi connectivity index (χ4n) is 1.79. The summed E-state index contributed by atoms with van der Waals surface area (Å²) in [4.78, 5) is 14.2. The highest BCUT2D eigenvalue weighted by Gasteiger charge is 2.12. The maximum Gasteiger partial charge on any atom is 0.277 e. The second-order valence-corrected chi connectivity index (χ2v) is 6.34. The van der Waals surface area contributed by atoms with Gasteiger partial charge in [0.25, 0.3) is 5.22 Å². The van der Waals surface area contributed by atoms with Crippen LogP contribution in [0.3, 0.4) is 0 Å². The number of nitrogens with two attached hydrogens (primary N) is 1. The quantitative estimate of drug-likeness (QED) is 0.684. The van der Waals surface area contributed by atoms with Crippen molar-refractivity contribution in [1.82, 2.24) is 25.1 Å². The molecule has 124 valence electrons. The number of hydrogen-bond donors (Lipinski definition) is 1. The molecule has 3 rings (SSSR count). The Morgan fingerprint density at radius 3 is 2.58 bits per heavy atom. The lowest BCUT2D eigenvalue weighted by Gasteiger charge is -2.10. The molecule has 1 aromatic carbocycles. The van der Waals surface area contributed by atoms with Crippen molar-refractivity contribution in [1.29, 1.82) is 0 Å². The second-order valence-electron chi connectivity index (χ2n) is 4.97. The third kappa shape index (κ3) is 3.92. The summed E-state index contributed by atoms with van der Waals surface area (Å²) in [6, 6.07) is 7.18. The zero-order valence-electron chi connectivity index (χ0n) is 13.0. The number of nitrogens with zero attached hydrogens (tertiary/aromatic N) is 6. The average molecular weight is 364 g/mol. The number of benzene rings is 1. The third-order valence-corrected chi connectivity index (χ3v) is 3.98. The minimum Gasteiger partial charge on any atom is -0.411 e. The van der Waals surface area contributed by atoms with Gasteiger partial charge in [-0.3, -0.25) is 0 Å². The van der Waals surface area contributed by atoms with Crippen molar-refractivity contribution in [2.45, 2.75) is 11.0 Å². The Morgan fingerprint density at radius 2 is 1.88 bits per heavy atom. The molecule has 2 aromatic heterocycles. The third-order valence-electron chi connectivity index (χ3n) is 2.91. The molecule has 0 spiro atoms. The Hall–Kier alpha value is -2.39. The molecule has 0 radical (unpaired) electrons. The molecule has 2 N–H and O–H groups in total. The molecular formula is C14H14ClN7OS. The van der Waals surface area contributed by atoms with Gasteiger partial charge in [-0.25, -0.2) is 0 Å². The van der Waals surface area contributed by atoms with Crippen molar-refractivity contribution >= 4 is 35.3 Å². The molecule has 0 atom stereocenters. The summed E-state index contributed by atoms with van der Waals surface area (Å²) in [6.07, 6.45) is 0. The number of halogens is 1. The first-order valence-electron chi connectivity index (χ1n) is 6.91. The lowest BCUT2D eigenvalue weighted by molar-refractivity contribution is 0.465. The molecule has 0 saturated heterocycles. The van der Waals surface area contributed by atoms with Crippen LogP contribution >= 0.6 is 23.4 Å². The zero-order valence-corrected chi connectivity index (χ0v) is 14.5. The molecule has 24 heavy (non-hydrogen) atoms. The summed E-state index contributed by atoms with van der Waals surface area (Å²) in [6.45, 7) is 0. The van der Waals surface area contributed by atoms with Crippen LogP contribution in [0, 0.1) is 0 Å². The standard InChI is InChI=1S/C14H14ClN7OS/c1-22(2)13-18-10(17-12(16)19-13)7-24-14-21-20-11(23-14)8-3-5-9(15)6-4-8/h3-6H,7H2,1-2H3,(H2,16,17,18,19). The Kier molecular flexibility index (Phi) is 4.81. The first kappa shape index (κ1) is 16.5. The van der Waals surface area contributed by atoms with Crippen LogP contribution in [0.5, 0.6) is 0 Å². The van der Waals surface area contributed by atoms with Crippen LogP contribution in [0.4, 0.5) is 11.9 Å². The molecule has 0 saturated carbocycles. The zero-order chi connectivity index (χ0) is 17.1. The van der Waals surface area contributed by atoms with Crippen molar-refractivity contribution in [3.05, 3.63) is 35.1 Å². The van der Waals surface area contributed by atoms with E-state index in [4.69, 9.17) is 21.8 Å². The highest BCUT2D eigenvalue weighted by Crippen LogP contribution is 2.26. The maximum absolute atomic E-state index is 5.87. The van der Waals surface area contributed by atoms with Crippen molar-refractivity contribution in [2.24, 2.45) is 0 Å². The highest BCUT2D eigenvalue weighted by molar-refractivity contribution is 7.98. The Morgan fingerprint density at radius 1 is 1.12 bits per heavy atom. The number of thioether (sulfide) groups is 1. The number of hydrogen-bond acceptors (Lipinski definition) is 9. The molecule has 2 heterocycles. The van der Waals surface area contributed by atoms with Gasteiger partial charge in [0.2, 0.25) is 17.8 Å². The molecule has 0 unspecified atom stereocenters. The van der Waals surface area contributed by atoms with Crippen LogP contribution in [-0.2, 0) is 5.75 Å². The largest absolute Gasteiger partial charge is 0.411 e. The summed E-state index contributed by atoms with van der Waals surface area (Å²) in [7, 11) is 3.67. The van der Waals surface area contributed by atoms with Gasteiger partial charge < -0.3 is 15.1 Å². The van der Waals surface area contributed by atoms with E-state index in [-0.39, 0.29) is 5.95 Å². The number of rotatable bonds is 5. The second kappa shape index (κ2) is 7.02. The van der Waals surface area contributed by atoms with Gasteiger partial charge in [-0.15, -0.1) is 10.2 Å². The Bertz CT molecular complexity index is 837. The predicted molar refractivity (Wildman–Crippen MR) is 92.9 cm³/mol. The lowest BCUT2D eigenvalue weighted by atomic mass is 10.2. The van der Waals surface area contributed by atoms with Gasteiger partial charge in [-0.2, -0.15) is 15.0 Å². The topological polar surface area (TPSA) is 107 Å². The fraction of sp³-hybridized carbons (Fsp3) is 0.214. The first-order valence-corrected chi connectivity index (χ1v) is 8.27. The SMILES string of the molecule is CN(C)c1nc(N)nc(CSc2nnc(-c3ccc(Cl)cc3)o2)n1. The molecule has 0 aliphatic rings. The lowest BCUT2D eigenvalue weighted by Crippen LogP contribution is -2.15. The smallest absolute Gasteiger partial charge is 0.277 e. The molecule has 0 fully saturated rings. The summed E-state index contributed by atoms with van der Waals surface area (Å²) >= 11 is 7.19. The van der Waals surface area contributed by atoms with Crippen LogP contribution < -0.4 is 10.6 Å². The predicted octanol–water partition coefficient (Wildman–Crippen LogP) is 2.52. The van der Waals surface area contributed by atoms with Crippen LogP contribution in [0.1, 0.15) is 5.82 Å². The highest BCUT2D eigenvalue weighted by atomic mass is 35.5. The molecule has 0 aliphatic carbocycles. The van der Waals surface area contributed by atoms with E-state index in [1.165, 1.54) is 11.8 Å². The minimum absolute atomic E-state index is 0.177. The van der Waals surface area contributed by atoms with E-state index in [1.54, 1.807) is 17.0 Å². The van der Waals surface area contributed by atoms with E-state index in [0.29, 0.717) is 33.7 Å². The minimum atomic E-state index is 0.177. The van der Waals surface area contributed by atoms with Crippen LogP contribution in [-0.4, -0.2) is 39.2 Å². The fourth-order valence-corrected chi connectivity index (χ4v) is 2.54. The van der Waals surface area contributed by atoms with Crippen molar-refractivity contribution < 1.29 is 4.42 Å². The van der Waals surface area contributed by atoms with Crippen molar-refractivity contribution in [3.8, 4) is 11.5 Å². The summed E-state index contributed by atoms with van der Waals surface area (Å²) in [5, 5.41) is 9.11.